The third kappa shape index (κ3) is 9.18. The number of halogens is 3. The van der Waals surface area contributed by atoms with Crippen molar-refractivity contribution < 1.29 is 0 Å². The van der Waals surface area contributed by atoms with Gasteiger partial charge in [0.25, 0.3) is 0 Å². The third-order valence-corrected chi connectivity index (χ3v) is 9.80. The number of likely N-dealkylation sites (tertiary alicyclic amines) is 1. The van der Waals surface area contributed by atoms with Gasteiger partial charge >= 0.3 is 0 Å². The van der Waals surface area contributed by atoms with E-state index in [0.717, 1.165) is 50.4 Å². The van der Waals surface area contributed by atoms with Crippen LogP contribution in [0.1, 0.15) is 57.3 Å². The van der Waals surface area contributed by atoms with E-state index >= 15 is 0 Å². The minimum absolute atomic E-state index is 0. The zero-order chi connectivity index (χ0) is 31.5. The first-order chi connectivity index (χ1) is 21.7. The fourth-order valence-electron chi connectivity index (χ4n) is 6.56. The molecule has 2 aromatic heterocycles. The topological polar surface area (TPSA) is 32.3 Å². The molecule has 7 heteroatoms. The van der Waals surface area contributed by atoms with E-state index in [9.17, 15) is 0 Å². The van der Waals surface area contributed by atoms with Crippen molar-refractivity contribution in [1.29, 1.82) is 0 Å². The van der Waals surface area contributed by atoms with Crippen LogP contribution >= 0.6 is 37.2 Å². The van der Waals surface area contributed by atoms with Crippen LogP contribution in [-0.4, -0.2) is 34.0 Å². The second kappa shape index (κ2) is 17.3. The van der Waals surface area contributed by atoms with Crippen molar-refractivity contribution in [2.45, 2.75) is 73.5 Å². The minimum atomic E-state index is 0. The van der Waals surface area contributed by atoms with E-state index in [2.05, 4.69) is 130 Å². The van der Waals surface area contributed by atoms with Gasteiger partial charge in [-0.25, -0.2) is 0 Å². The van der Waals surface area contributed by atoms with Gasteiger partial charge in [0.1, 0.15) is 0 Å². The summed E-state index contributed by atoms with van der Waals surface area (Å²) in [6.07, 6.45) is 6.22. The number of anilines is 1. The van der Waals surface area contributed by atoms with Crippen molar-refractivity contribution in [3.8, 4) is 22.5 Å². The molecule has 48 heavy (non-hydrogen) atoms. The van der Waals surface area contributed by atoms with Gasteiger partial charge in [-0.3, -0.25) is 14.9 Å². The summed E-state index contributed by atoms with van der Waals surface area (Å²) in [6.45, 7) is 17.1. The molecule has 1 aliphatic heterocycles. The van der Waals surface area contributed by atoms with Gasteiger partial charge in [-0.15, -0.1) is 37.2 Å². The number of piperidine rings is 1. The zero-order valence-electron chi connectivity index (χ0n) is 29.0. The van der Waals surface area contributed by atoms with Crippen LogP contribution < -0.4 is 4.90 Å². The molecule has 6 rings (SSSR count). The molecule has 4 nitrogen and oxygen atoms in total. The second-order valence-corrected chi connectivity index (χ2v) is 13.1. The van der Waals surface area contributed by atoms with Crippen LogP contribution in [-0.2, 0) is 13.1 Å². The standard InChI is InChI=1S/C41H46N4.3ClH/c1-28-7-11-38(12-8-28)45(27-35-14-18-42-40(25-35)36-10-9-29(2)30(3)21-36)39-15-19-44(20-16-39)26-34-13-17-43-41(24-34)37-22-31(4)33(6)32(5)23-37;;;/h7-14,17-18,21-25,39H,15-16,19-20,26-27H2,1-6H3;3*1H. The first-order valence-electron chi connectivity index (χ1n) is 16.3. The van der Waals surface area contributed by atoms with Crippen molar-refractivity contribution in [3.05, 3.63) is 136 Å². The Morgan fingerprint density at radius 1 is 0.604 bits per heavy atom. The SMILES string of the molecule is Cc1ccc(N(Cc2ccnc(-c3ccc(C)c(C)c3)c2)C2CCN(Cc3ccnc(-c4cc(C)c(C)c(C)c4)c3)CC2)cc1.Cl.Cl.Cl. The van der Waals surface area contributed by atoms with Crippen molar-refractivity contribution in [3.63, 3.8) is 0 Å². The molecule has 254 valence electrons. The van der Waals surface area contributed by atoms with E-state index in [1.807, 2.05) is 12.4 Å². The first kappa shape index (κ1) is 39.0. The quantitative estimate of drug-likeness (QED) is 0.161. The summed E-state index contributed by atoms with van der Waals surface area (Å²) in [5.41, 5.74) is 16.4. The largest absolute Gasteiger partial charge is 0.364 e. The van der Waals surface area contributed by atoms with Gasteiger partial charge in [0.15, 0.2) is 0 Å². The molecule has 0 aliphatic carbocycles. The van der Waals surface area contributed by atoms with Crippen molar-refractivity contribution in [2.24, 2.45) is 0 Å². The molecule has 0 radical (unpaired) electrons. The van der Waals surface area contributed by atoms with Crippen LogP contribution in [0.5, 0.6) is 0 Å². The molecule has 1 saturated heterocycles. The van der Waals surface area contributed by atoms with E-state index in [4.69, 9.17) is 9.97 Å². The Morgan fingerprint density at radius 3 is 1.79 bits per heavy atom. The second-order valence-electron chi connectivity index (χ2n) is 13.1. The maximum absolute atomic E-state index is 4.74. The monoisotopic (exact) mass is 702 g/mol. The molecular formula is C41H49Cl3N4. The fourth-order valence-corrected chi connectivity index (χ4v) is 6.56. The van der Waals surface area contributed by atoms with Crippen LogP contribution in [0.3, 0.4) is 0 Å². The maximum atomic E-state index is 4.74. The Kier molecular flexibility index (Phi) is 14.1. The van der Waals surface area contributed by atoms with Gasteiger partial charge in [-0.2, -0.15) is 0 Å². The molecule has 0 unspecified atom stereocenters. The van der Waals surface area contributed by atoms with E-state index in [1.54, 1.807) is 0 Å². The van der Waals surface area contributed by atoms with E-state index in [0.29, 0.717) is 6.04 Å². The lowest BCUT2D eigenvalue weighted by Crippen LogP contribution is -2.44. The summed E-state index contributed by atoms with van der Waals surface area (Å²) in [7, 11) is 0. The third-order valence-electron chi connectivity index (χ3n) is 9.80. The Balaban J connectivity index is 0.00000208. The summed E-state index contributed by atoms with van der Waals surface area (Å²) >= 11 is 0. The molecule has 1 aliphatic rings. The summed E-state index contributed by atoms with van der Waals surface area (Å²) in [5, 5.41) is 0. The molecule has 0 saturated carbocycles. The number of aromatic nitrogens is 2. The molecular weight excluding hydrogens is 655 g/mol. The minimum Gasteiger partial charge on any atom is -0.364 e. The zero-order valence-corrected chi connectivity index (χ0v) is 31.4. The van der Waals surface area contributed by atoms with Crippen LogP contribution in [0, 0.1) is 41.5 Å². The number of hydrogen-bond donors (Lipinski definition) is 0. The Bertz CT molecular complexity index is 1770. The van der Waals surface area contributed by atoms with Crippen molar-refractivity contribution >= 4 is 42.9 Å². The van der Waals surface area contributed by atoms with Gasteiger partial charge in [0.2, 0.25) is 0 Å². The lowest BCUT2D eigenvalue weighted by Gasteiger charge is -2.40. The van der Waals surface area contributed by atoms with Gasteiger partial charge in [0.05, 0.1) is 11.4 Å². The average molecular weight is 704 g/mol. The lowest BCUT2D eigenvalue weighted by molar-refractivity contribution is 0.201. The summed E-state index contributed by atoms with van der Waals surface area (Å²) in [5.74, 6) is 0. The Labute approximate surface area is 306 Å². The van der Waals surface area contributed by atoms with E-state index < -0.39 is 0 Å². The highest BCUT2D eigenvalue weighted by molar-refractivity contribution is 5.86. The molecule has 0 atom stereocenters. The Hall–Kier alpha value is -3.41. The molecule has 1 fully saturated rings. The molecule has 0 amide bonds. The summed E-state index contributed by atoms with van der Waals surface area (Å²) in [4.78, 5) is 14.7. The highest BCUT2D eigenvalue weighted by Crippen LogP contribution is 2.29. The molecule has 3 heterocycles. The highest BCUT2D eigenvalue weighted by atomic mass is 35.5. The maximum Gasteiger partial charge on any atom is 0.0705 e. The number of pyridine rings is 2. The van der Waals surface area contributed by atoms with Gasteiger partial charge in [-0.1, -0.05) is 29.8 Å². The number of nitrogens with zero attached hydrogens (tertiary/aromatic N) is 4. The smallest absolute Gasteiger partial charge is 0.0705 e. The summed E-state index contributed by atoms with van der Waals surface area (Å²) < 4.78 is 0. The van der Waals surface area contributed by atoms with Gasteiger partial charge in [-0.05, 0) is 148 Å². The molecule has 5 aromatic rings. The van der Waals surface area contributed by atoms with Crippen molar-refractivity contribution in [2.75, 3.05) is 18.0 Å². The van der Waals surface area contributed by atoms with Crippen LogP contribution in [0.4, 0.5) is 5.69 Å². The normalized spacial score (nSPS) is 13.2. The van der Waals surface area contributed by atoms with E-state index in [-0.39, 0.29) is 37.2 Å². The van der Waals surface area contributed by atoms with Crippen molar-refractivity contribution in [1.82, 2.24) is 14.9 Å². The fraction of sp³-hybridized carbons (Fsp3) is 0.317. The number of rotatable bonds is 8. The van der Waals surface area contributed by atoms with Gasteiger partial charge in [0, 0.05) is 61.4 Å². The molecule has 0 N–H and O–H groups in total. The predicted octanol–water partition coefficient (Wildman–Crippen LogP) is 10.6. The molecule has 3 aromatic carbocycles. The van der Waals surface area contributed by atoms with Crippen LogP contribution in [0.25, 0.3) is 22.5 Å². The number of aryl methyl sites for hydroxylation is 5. The summed E-state index contributed by atoms with van der Waals surface area (Å²) in [6, 6.07) is 29.6. The first-order valence-corrected chi connectivity index (χ1v) is 16.3. The average Bonchev–Trinajstić information content (AvgIpc) is 3.05. The molecule has 0 bridgehead atoms. The number of hydrogen-bond acceptors (Lipinski definition) is 4. The van der Waals surface area contributed by atoms with E-state index in [1.165, 1.54) is 61.3 Å². The van der Waals surface area contributed by atoms with Crippen LogP contribution in [0.2, 0.25) is 0 Å². The number of benzene rings is 3. The van der Waals surface area contributed by atoms with Crippen LogP contribution in [0.15, 0.2) is 91.3 Å². The lowest BCUT2D eigenvalue weighted by atomic mass is 9.98. The Morgan fingerprint density at radius 2 is 1.17 bits per heavy atom. The highest BCUT2D eigenvalue weighted by Gasteiger charge is 2.25. The van der Waals surface area contributed by atoms with Gasteiger partial charge < -0.3 is 4.90 Å². The molecule has 0 spiro atoms. The predicted molar refractivity (Wildman–Crippen MR) is 210 cm³/mol.